The van der Waals surface area contributed by atoms with Gasteiger partial charge in [-0.25, -0.2) is 0 Å². The summed E-state index contributed by atoms with van der Waals surface area (Å²) in [5, 5.41) is 11.8. The molecule has 5 nitrogen and oxygen atoms in total. The second-order valence-corrected chi connectivity index (χ2v) is 6.95. The molecule has 0 radical (unpaired) electrons. The van der Waals surface area contributed by atoms with E-state index in [4.69, 9.17) is 27.6 Å². The minimum atomic E-state index is -0.210. The lowest BCUT2D eigenvalue weighted by Gasteiger charge is -2.05. The molecule has 0 atom stereocenters. The molecule has 128 valence electrons. The van der Waals surface area contributed by atoms with Gasteiger partial charge >= 0.3 is 0 Å². The summed E-state index contributed by atoms with van der Waals surface area (Å²) in [6.07, 6.45) is 0. The van der Waals surface area contributed by atoms with Crippen LogP contribution in [0.2, 0.25) is 10.0 Å². The van der Waals surface area contributed by atoms with Gasteiger partial charge in [-0.05, 0) is 37.3 Å². The number of amides is 1. The van der Waals surface area contributed by atoms with Crippen molar-refractivity contribution in [2.45, 2.75) is 12.1 Å². The number of carbonyl (C=O) groups excluding carboxylic acids is 1. The van der Waals surface area contributed by atoms with Gasteiger partial charge in [0.25, 0.3) is 5.22 Å². The van der Waals surface area contributed by atoms with Gasteiger partial charge in [0.15, 0.2) is 0 Å². The second-order valence-electron chi connectivity index (χ2n) is 5.20. The Balaban J connectivity index is 1.57. The Morgan fingerprint density at radius 3 is 2.60 bits per heavy atom. The van der Waals surface area contributed by atoms with E-state index in [0.717, 1.165) is 22.9 Å². The molecule has 1 heterocycles. The molecule has 1 amide bonds. The number of thioether (sulfide) groups is 1. The summed E-state index contributed by atoms with van der Waals surface area (Å²) >= 11 is 12.9. The standard InChI is InChI=1S/C17H13Cl2N3O2S/c1-10-2-4-11(5-3-10)16-21-22-17(24-16)25-9-15(23)20-12-6-7-13(18)14(19)8-12/h2-8H,9H2,1H3,(H,20,23). The third-order valence-corrected chi connectivity index (χ3v) is 4.79. The summed E-state index contributed by atoms with van der Waals surface area (Å²) in [4.78, 5) is 12.0. The Morgan fingerprint density at radius 2 is 1.88 bits per heavy atom. The van der Waals surface area contributed by atoms with Crippen LogP contribution in [0.15, 0.2) is 52.1 Å². The smallest absolute Gasteiger partial charge is 0.277 e. The Labute approximate surface area is 158 Å². The Bertz CT molecular complexity index is 897. The van der Waals surface area contributed by atoms with Crippen molar-refractivity contribution in [3.63, 3.8) is 0 Å². The molecule has 0 saturated heterocycles. The van der Waals surface area contributed by atoms with Crippen molar-refractivity contribution >= 4 is 46.6 Å². The van der Waals surface area contributed by atoms with Crippen molar-refractivity contribution < 1.29 is 9.21 Å². The summed E-state index contributed by atoms with van der Waals surface area (Å²) in [7, 11) is 0. The number of nitrogens with zero attached hydrogens (tertiary/aromatic N) is 2. The minimum absolute atomic E-state index is 0.135. The van der Waals surface area contributed by atoms with Crippen LogP contribution in [-0.2, 0) is 4.79 Å². The predicted octanol–water partition coefficient (Wildman–Crippen LogP) is 5.08. The van der Waals surface area contributed by atoms with E-state index in [1.807, 2.05) is 31.2 Å². The zero-order valence-corrected chi connectivity index (χ0v) is 15.5. The highest BCUT2D eigenvalue weighted by Crippen LogP contribution is 2.26. The van der Waals surface area contributed by atoms with Crippen molar-refractivity contribution in [2.24, 2.45) is 0 Å². The van der Waals surface area contributed by atoms with E-state index in [9.17, 15) is 4.79 Å². The zero-order chi connectivity index (χ0) is 17.8. The summed E-state index contributed by atoms with van der Waals surface area (Å²) in [6.45, 7) is 2.01. The average molecular weight is 394 g/mol. The highest BCUT2D eigenvalue weighted by atomic mass is 35.5. The van der Waals surface area contributed by atoms with Gasteiger partial charge in [0.2, 0.25) is 11.8 Å². The van der Waals surface area contributed by atoms with Crippen LogP contribution in [-0.4, -0.2) is 21.9 Å². The Morgan fingerprint density at radius 1 is 1.12 bits per heavy atom. The van der Waals surface area contributed by atoms with Gasteiger partial charge in [-0.2, -0.15) is 0 Å². The molecule has 0 aliphatic rings. The monoisotopic (exact) mass is 393 g/mol. The summed E-state index contributed by atoms with van der Waals surface area (Å²) in [5.41, 5.74) is 2.56. The van der Waals surface area contributed by atoms with Crippen molar-refractivity contribution in [1.82, 2.24) is 10.2 Å². The van der Waals surface area contributed by atoms with Crippen molar-refractivity contribution in [2.75, 3.05) is 11.1 Å². The molecule has 25 heavy (non-hydrogen) atoms. The maximum Gasteiger partial charge on any atom is 0.277 e. The fourth-order valence-electron chi connectivity index (χ4n) is 1.98. The van der Waals surface area contributed by atoms with E-state index < -0.39 is 0 Å². The highest BCUT2D eigenvalue weighted by molar-refractivity contribution is 7.99. The highest BCUT2D eigenvalue weighted by Gasteiger charge is 2.11. The number of nitrogens with one attached hydrogen (secondary N) is 1. The number of aromatic nitrogens is 2. The quantitative estimate of drug-likeness (QED) is 0.611. The van der Waals surface area contributed by atoms with Crippen LogP contribution < -0.4 is 5.32 Å². The number of hydrogen-bond acceptors (Lipinski definition) is 5. The molecule has 1 aromatic heterocycles. The molecule has 0 bridgehead atoms. The van der Waals surface area contributed by atoms with E-state index in [1.54, 1.807) is 18.2 Å². The normalized spacial score (nSPS) is 10.7. The molecule has 8 heteroatoms. The molecule has 0 aliphatic carbocycles. The molecule has 3 aromatic rings. The van der Waals surface area contributed by atoms with Crippen LogP contribution in [0.4, 0.5) is 5.69 Å². The fourth-order valence-corrected chi connectivity index (χ4v) is 2.84. The SMILES string of the molecule is Cc1ccc(-c2nnc(SCC(=O)Nc3ccc(Cl)c(Cl)c3)o2)cc1. The number of hydrogen-bond donors (Lipinski definition) is 1. The molecule has 0 spiro atoms. The van der Waals surface area contributed by atoms with Gasteiger partial charge in [-0.3, -0.25) is 4.79 Å². The molecule has 0 fully saturated rings. The van der Waals surface area contributed by atoms with Crippen molar-refractivity contribution in [3.05, 3.63) is 58.1 Å². The van der Waals surface area contributed by atoms with Gasteiger partial charge in [0.1, 0.15) is 0 Å². The summed E-state index contributed by atoms with van der Waals surface area (Å²) in [5.74, 6) is 0.348. The van der Waals surface area contributed by atoms with Gasteiger partial charge in [0.05, 0.1) is 15.8 Å². The number of rotatable bonds is 5. The van der Waals surface area contributed by atoms with Crippen LogP contribution in [0.1, 0.15) is 5.56 Å². The van der Waals surface area contributed by atoms with Crippen LogP contribution in [0.25, 0.3) is 11.5 Å². The number of benzene rings is 2. The van der Waals surface area contributed by atoms with E-state index in [0.29, 0.717) is 26.8 Å². The lowest BCUT2D eigenvalue weighted by atomic mass is 10.1. The summed E-state index contributed by atoms with van der Waals surface area (Å²) < 4.78 is 5.57. The van der Waals surface area contributed by atoms with E-state index in [1.165, 1.54) is 0 Å². The minimum Gasteiger partial charge on any atom is -0.411 e. The topological polar surface area (TPSA) is 68.0 Å². The van der Waals surface area contributed by atoms with Crippen LogP contribution >= 0.6 is 35.0 Å². The first-order valence-electron chi connectivity index (χ1n) is 7.29. The molecule has 1 N–H and O–H groups in total. The fraction of sp³-hybridized carbons (Fsp3) is 0.118. The molecular formula is C17H13Cl2N3O2S. The number of halogens is 2. The van der Waals surface area contributed by atoms with Crippen molar-refractivity contribution in [1.29, 1.82) is 0 Å². The number of carbonyl (C=O) groups is 1. The van der Waals surface area contributed by atoms with Gasteiger partial charge in [0, 0.05) is 11.3 Å². The molecule has 0 aliphatic heterocycles. The first-order chi connectivity index (χ1) is 12.0. The van der Waals surface area contributed by atoms with E-state index in [-0.39, 0.29) is 11.7 Å². The van der Waals surface area contributed by atoms with Gasteiger partial charge < -0.3 is 9.73 Å². The summed E-state index contributed by atoms with van der Waals surface area (Å²) in [6, 6.07) is 12.7. The molecule has 2 aromatic carbocycles. The molecule has 0 unspecified atom stereocenters. The lowest BCUT2D eigenvalue weighted by Crippen LogP contribution is -2.13. The van der Waals surface area contributed by atoms with E-state index >= 15 is 0 Å². The van der Waals surface area contributed by atoms with Crippen molar-refractivity contribution in [3.8, 4) is 11.5 Å². The van der Waals surface area contributed by atoms with Crippen LogP contribution in [0.5, 0.6) is 0 Å². The Hall–Kier alpha value is -2.02. The van der Waals surface area contributed by atoms with E-state index in [2.05, 4.69) is 15.5 Å². The third kappa shape index (κ3) is 4.75. The molecule has 0 saturated carbocycles. The lowest BCUT2D eigenvalue weighted by molar-refractivity contribution is -0.113. The average Bonchev–Trinajstić information content (AvgIpc) is 3.06. The molecular weight excluding hydrogens is 381 g/mol. The second kappa shape index (κ2) is 7.91. The Kier molecular flexibility index (Phi) is 5.63. The number of anilines is 1. The third-order valence-electron chi connectivity index (χ3n) is 3.24. The van der Waals surface area contributed by atoms with Crippen LogP contribution in [0, 0.1) is 6.92 Å². The maximum atomic E-state index is 12.0. The number of aryl methyl sites for hydroxylation is 1. The first kappa shape index (κ1) is 17.8. The molecule has 3 rings (SSSR count). The van der Waals surface area contributed by atoms with Gasteiger partial charge in [-0.15, -0.1) is 10.2 Å². The zero-order valence-electron chi connectivity index (χ0n) is 13.1. The maximum absolute atomic E-state index is 12.0. The predicted molar refractivity (Wildman–Crippen MR) is 100 cm³/mol. The first-order valence-corrected chi connectivity index (χ1v) is 9.03. The van der Waals surface area contributed by atoms with Crippen LogP contribution in [0.3, 0.4) is 0 Å². The van der Waals surface area contributed by atoms with Gasteiger partial charge in [-0.1, -0.05) is 52.7 Å². The largest absolute Gasteiger partial charge is 0.411 e.